The van der Waals surface area contributed by atoms with E-state index in [9.17, 15) is 10.1 Å². The number of nitrogens with one attached hydrogen (secondary N) is 1. The van der Waals surface area contributed by atoms with E-state index < -0.39 is 5.91 Å². The topological polar surface area (TPSA) is 71.3 Å². The van der Waals surface area contributed by atoms with Crippen LogP contribution in [-0.4, -0.2) is 13.0 Å². The highest BCUT2D eigenvalue weighted by molar-refractivity contribution is 6.42. The fraction of sp³-hybridized carbons (Fsp3) is 0.0833. The molecule has 0 aliphatic heterocycles. The van der Waals surface area contributed by atoms with E-state index in [4.69, 9.17) is 55.9 Å². The van der Waals surface area contributed by atoms with Crippen LogP contribution in [0.4, 0.5) is 5.69 Å². The van der Waals surface area contributed by atoms with Crippen molar-refractivity contribution in [2.45, 2.75) is 6.61 Å². The summed E-state index contributed by atoms with van der Waals surface area (Å²) in [6.07, 6.45) is 1.41. The lowest BCUT2D eigenvalue weighted by atomic mass is 10.1. The molecule has 3 aromatic carbocycles. The molecular formula is C24H16Cl4N2O3. The van der Waals surface area contributed by atoms with Gasteiger partial charge >= 0.3 is 0 Å². The van der Waals surface area contributed by atoms with E-state index in [1.807, 2.05) is 6.07 Å². The second-order valence-corrected chi connectivity index (χ2v) is 8.36. The molecule has 0 radical (unpaired) electrons. The maximum absolute atomic E-state index is 12.5. The molecule has 168 valence electrons. The van der Waals surface area contributed by atoms with E-state index in [1.165, 1.54) is 13.2 Å². The highest BCUT2D eigenvalue weighted by Gasteiger charge is 2.15. The molecule has 3 aromatic rings. The Morgan fingerprint density at radius 2 is 1.73 bits per heavy atom. The molecule has 9 heteroatoms. The number of hydrogen-bond acceptors (Lipinski definition) is 4. The Morgan fingerprint density at radius 1 is 1.00 bits per heavy atom. The van der Waals surface area contributed by atoms with Crippen molar-refractivity contribution in [2.75, 3.05) is 12.4 Å². The van der Waals surface area contributed by atoms with Gasteiger partial charge in [0.15, 0.2) is 11.5 Å². The van der Waals surface area contributed by atoms with Gasteiger partial charge in [-0.3, -0.25) is 4.79 Å². The third kappa shape index (κ3) is 6.56. The van der Waals surface area contributed by atoms with Crippen LogP contribution in [-0.2, 0) is 11.4 Å². The molecule has 0 saturated carbocycles. The van der Waals surface area contributed by atoms with Gasteiger partial charge in [0.25, 0.3) is 5.91 Å². The average molecular weight is 522 g/mol. The molecule has 3 rings (SSSR count). The van der Waals surface area contributed by atoms with E-state index >= 15 is 0 Å². The van der Waals surface area contributed by atoms with Crippen molar-refractivity contribution in [3.8, 4) is 17.6 Å². The molecular weight excluding hydrogens is 506 g/mol. The number of anilines is 1. The minimum Gasteiger partial charge on any atom is -0.493 e. The Balaban J connectivity index is 1.81. The fourth-order valence-corrected chi connectivity index (χ4v) is 3.52. The quantitative estimate of drug-likeness (QED) is 0.259. The maximum Gasteiger partial charge on any atom is 0.266 e. The van der Waals surface area contributed by atoms with Gasteiger partial charge in [0.05, 0.1) is 22.2 Å². The van der Waals surface area contributed by atoms with Crippen LogP contribution in [0.2, 0.25) is 20.1 Å². The highest BCUT2D eigenvalue weighted by atomic mass is 35.5. The summed E-state index contributed by atoms with van der Waals surface area (Å²) in [7, 11) is 1.46. The van der Waals surface area contributed by atoms with Crippen LogP contribution in [0.3, 0.4) is 0 Å². The van der Waals surface area contributed by atoms with Crippen LogP contribution in [0.1, 0.15) is 11.1 Å². The Bertz CT molecular complexity index is 1250. The first-order valence-electron chi connectivity index (χ1n) is 9.43. The van der Waals surface area contributed by atoms with Gasteiger partial charge in [-0.1, -0.05) is 52.5 Å². The summed E-state index contributed by atoms with van der Waals surface area (Å²) in [5, 5.41) is 13.8. The van der Waals surface area contributed by atoms with Gasteiger partial charge in [-0.2, -0.15) is 5.26 Å². The van der Waals surface area contributed by atoms with E-state index in [2.05, 4.69) is 5.32 Å². The van der Waals surface area contributed by atoms with Crippen molar-refractivity contribution in [3.63, 3.8) is 0 Å². The summed E-state index contributed by atoms with van der Waals surface area (Å²) < 4.78 is 11.2. The molecule has 0 bridgehead atoms. The van der Waals surface area contributed by atoms with Gasteiger partial charge in [0.2, 0.25) is 0 Å². The molecule has 1 amide bonds. The van der Waals surface area contributed by atoms with Gasteiger partial charge in [-0.15, -0.1) is 0 Å². The maximum atomic E-state index is 12.5. The summed E-state index contributed by atoms with van der Waals surface area (Å²) in [5.41, 5.74) is 1.67. The van der Waals surface area contributed by atoms with Crippen LogP contribution < -0.4 is 14.8 Å². The normalized spacial score (nSPS) is 11.0. The summed E-state index contributed by atoms with van der Waals surface area (Å²) in [4.78, 5) is 12.5. The largest absolute Gasteiger partial charge is 0.493 e. The van der Waals surface area contributed by atoms with E-state index in [-0.39, 0.29) is 17.2 Å². The molecule has 0 aromatic heterocycles. The van der Waals surface area contributed by atoms with Gasteiger partial charge in [-0.05, 0) is 65.7 Å². The average Bonchev–Trinajstić information content (AvgIpc) is 2.80. The van der Waals surface area contributed by atoms with Crippen LogP contribution in [0, 0.1) is 11.3 Å². The minimum atomic E-state index is -0.574. The SMILES string of the molecule is COc1cc(/C=C(/C#N)C(=O)Nc2ccc(Cl)cc2)cc(Cl)c1OCc1ccc(Cl)c(Cl)c1. The molecule has 0 heterocycles. The van der Waals surface area contributed by atoms with Crippen molar-refractivity contribution < 1.29 is 14.3 Å². The first-order chi connectivity index (χ1) is 15.8. The van der Waals surface area contributed by atoms with Crippen LogP contribution in [0.15, 0.2) is 60.2 Å². The van der Waals surface area contributed by atoms with Crippen molar-refractivity contribution in [1.82, 2.24) is 0 Å². The number of benzene rings is 3. The van der Waals surface area contributed by atoms with Gasteiger partial charge in [0.1, 0.15) is 18.2 Å². The number of amides is 1. The number of rotatable bonds is 7. The molecule has 5 nitrogen and oxygen atoms in total. The van der Waals surface area contributed by atoms with Crippen LogP contribution in [0.25, 0.3) is 6.08 Å². The Hall–Kier alpha value is -2.88. The van der Waals surface area contributed by atoms with Crippen molar-refractivity contribution >= 4 is 64.1 Å². The zero-order valence-corrected chi connectivity index (χ0v) is 20.2. The smallest absolute Gasteiger partial charge is 0.266 e. The Labute approximate surface area is 211 Å². The fourth-order valence-electron chi connectivity index (χ4n) is 2.80. The zero-order chi connectivity index (χ0) is 24.0. The van der Waals surface area contributed by atoms with E-state index in [1.54, 1.807) is 54.6 Å². The first-order valence-corrected chi connectivity index (χ1v) is 10.9. The monoisotopic (exact) mass is 520 g/mol. The molecule has 0 atom stereocenters. The third-order valence-corrected chi connectivity index (χ3v) is 5.67. The van der Waals surface area contributed by atoms with E-state index in [0.717, 1.165) is 5.56 Å². The lowest BCUT2D eigenvalue weighted by Crippen LogP contribution is -2.13. The minimum absolute atomic E-state index is 0.118. The third-order valence-electron chi connectivity index (χ3n) is 4.40. The number of carbonyl (C=O) groups is 1. The number of carbonyl (C=O) groups excluding carboxylic acids is 1. The molecule has 0 aliphatic carbocycles. The van der Waals surface area contributed by atoms with Crippen LogP contribution >= 0.6 is 46.4 Å². The van der Waals surface area contributed by atoms with Crippen molar-refractivity contribution in [2.24, 2.45) is 0 Å². The number of nitriles is 1. The van der Waals surface area contributed by atoms with Gasteiger partial charge in [0, 0.05) is 10.7 Å². The Morgan fingerprint density at radius 3 is 2.36 bits per heavy atom. The van der Waals surface area contributed by atoms with Gasteiger partial charge in [-0.25, -0.2) is 0 Å². The lowest BCUT2D eigenvalue weighted by molar-refractivity contribution is -0.112. The number of nitrogens with zero attached hydrogens (tertiary/aromatic N) is 1. The molecule has 0 saturated heterocycles. The number of halogens is 4. The summed E-state index contributed by atoms with van der Waals surface area (Å²) in [6, 6.07) is 16.8. The highest BCUT2D eigenvalue weighted by Crippen LogP contribution is 2.38. The van der Waals surface area contributed by atoms with Crippen LogP contribution in [0.5, 0.6) is 11.5 Å². The number of hydrogen-bond donors (Lipinski definition) is 1. The van der Waals surface area contributed by atoms with Crippen molar-refractivity contribution in [1.29, 1.82) is 5.26 Å². The zero-order valence-electron chi connectivity index (χ0n) is 17.2. The molecule has 0 unspecified atom stereocenters. The lowest BCUT2D eigenvalue weighted by Gasteiger charge is -2.14. The molecule has 0 fully saturated rings. The predicted octanol–water partition coefficient (Wildman–Crippen LogP) is 7.43. The number of methoxy groups -OCH3 is 1. The summed E-state index contributed by atoms with van der Waals surface area (Å²) in [5.74, 6) is 0.0746. The molecule has 0 aliphatic rings. The second kappa shape index (κ2) is 11.3. The molecule has 0 spiro atoms. The van der Waals surface area contributed by atoms with Gasteiger partial charge < -0.3 is 14.8 Å². The Kier molecular flexibility index (Phi) is 8.49. The predicted molar refractivity (Wildman–Crippen MR) is 132 cm³/mol. The van der Waals surface area contributed by atoms with Crippen molar-refractivity contribution in [3.05, 3.63) is 91.4 Å². The number of ether oxygens (including phenoxy) is 2. The summed E-state index contributed by atoms with van der Waals surface area (Å²) in [6.45, 7) is 0.176. The summed E-state index contributed by atoms with van der Waals surface area (Å²) >= 11 is 24.2. The standard InChI is InChI=1S/C24H16Cl4N2O3/c1-32-22-11-15(8-16(12-29)24(31)30-18-5-3-17(25)4-6-18)10-21(28)23(22)33-13-14-2-7-19(26)20(27)9-14/h2-11H,13H2,1H3,(H,30,31)/b16-8-. The second-order valence-electron chi connectivity index (χ2n) is 6.70. The first kappa shape index (κ1) is 24.8. The molecule has 33 heavy (non-hydrogen) atoms. The van der Waals surface area contributed by atoms with E-state index in [0.29, 0.717) is 37.8 Å². The molecule has 1 N–H and O–H groups in total.